The molecule has 3 aliphatic rings. The van der Waals surface area contributed by atoms with E-state index < -0.39 is 0 Å². The van der Waals surface area contributed by atoms with E-state index in [1.54, 1.807) is 0 Å². The quantitative estimate of drug-likeness (QED) is 0.607. The van der Waals surface area contributed by atoms with Gasteiger partial charge in [0.25, 0.3) is 0 Å². The Hall–Kier alpha value is -0.590. The van der Waals surface area contributed by atoms with Gasteiger partial charge in [-0.15, -0.1) is 0 Å². The largest absolute Gasteiger partial charge is 0.295 e. The third-order valence-electron chi connectivity index (χ3n) is 5.39. The maximum Gasteiger partial charge on any atom is 0.159 e. The monoisotopic (exact) mass is 218 g/mol. The fraction of sp³-hybridized carbons (Fsp3) is 0.800. The van der Waals surface area contributed by atoms with Crippen LogP contribution in [0.15, 0.2) is 11.6 Å². The lowest BCUT2D eigenvalue weighted by Gasteiger charge is -2.29. The highest BCUT2D eigenvalue weighted by atomic mass is 16.1. The van der Waals surface area contributed by atoms with Gasteiger partial charge in [0.15, 0.2) is 5.78 Å². The molecule has 0 aliphatic heterocycles. The topological polar surface area (TPSA) is 17.1 Å². The van der Waals surface area contributed by atoms with Gasteiger partial charge in [-0.2, -0.15) is 0 Å². The summed E-state index contributed by atoms with van der Waals surface area (Å²) in [4.78, 5) is 11.9. The molecule has 88 valence electrons. The van der Waals surface area contributed by atoms with Gasteiger partial charge >= 0.3 is 0 Å². The zero-order valence-corrected chi connectivity index (χ0v) is 10.8. The zero-order chi connectivity index (χ0) is 11.7. The highest BCUT2D eigenvalue weighted by Crippen LogP contribution is 2.68. The number of hydrogen-bond acceptors (Lipinski definition) is 1. The molecule has 16 heavy (non-hydrogen) atoms. The molecule has 0 aromatic rings. The van der Waals surface area contributed by atoms with Crippen molar-refractivity contribution in [1.29, 1.82) is 0 Å². The van der Waals surface area contributed by atoms with Crippen molar-refractivity contribution in [2.75, 3.05) is 0 Å². The van der Waals surface area contributed by atoms with Crippen molar-refractivity contribution >= 4 is 5.78 Å². The molecular weight excluding hydrogens is 196 g/mol. The van der Waals surface area contributed by atoms with Crippen LogP contribution in [0.1, 0.15) is 47.0 Å². The Kier molecular flexibility index (Phi) is 1.85. The van der Waals surface area contributed by atoms with Crippen LogP contribution in [0.2, 0.25) is 0 Å². The van der Waals surface area contributed by atoms with E-state index in [1.165, 1.54) is 24.8 Å². The Bertz CT molecular complexity index is 390. The number of fused-ring (bicyclic) bond motifs is 3. The van der Waals surface area contributed by atoms with Gasteiger partial charge in [0.05, 0.1) is 0 Å². The second kappa shape index (κ2) is 2.80. The summed E-state index contributed by atoms with van der Waals surface area (Å²) in [5.74, 6) is 2.01. The van der Waals surface area contributed by atoms with Crippen molar-refractivity contribution in [2.24, 2.45) is 28.6 Å². The first kappa shape index (κ1) is 10.6. The lowest BCUT2D eigenvalue weighted by atomic mass is 9.75. The molecule has 0 spiro atoms. The number of rotatable bonds is 0. The molecule has 1 nitrogen and oxygen atoms in total. The molecule has 0 amide bonds. The SMILES string of the molecule is C[C@H]1C(=O)C=C2[C@H]1CC(C)(C)C[C@H]1C[C@@]21C. The average molecular weight is 218 g/mol. The van der Waals surface area contributed by atoms with E-state index in [0.717, 1.165) is 5.92 Å². The first-order valence-electron chi connectivity index (χ1n) is 6.59. The normalized spacial score (nSPS) is 49.1. The molecule has 0 saturated heterocycles. The first-order valence-corrected chi connectivity index (χ1v) is 6.59. The minimum absolute atomic E-state index is 0.241. The van der Waals surface area contributed by atoms with Crippen molar-refractivity contribution in [3.8, 4) is 0 Å². The number of allylic oxidation sites excluding steroid dienone is 2. The summed E-state index contributed by atoms with van der Waals surface area (Å²) in [7, 11) is 0. The summed E-state index contributed by atoms with van der Waals surface area (Å²) >= 11 is 0. The van der Waals surface area contributed by atoms with Crippen LogP contribution in [0.25, 0.3) is 0 Å². The molecule has 0 aromatic carbocycles. The summed E-state index contributed by atoms with van der Waals surface area (Å²) in [6.45, 7) is 9.26. The minimum atomic E-state index is 0.241. The van der Waals surface area contributed by atoms with Crippen LogP contribution in [-0.2, 0) is 4.79 Å². The van der Waals surface area contributed by atoms with Crippen LogP contribution in [-0.4, -0.2) is 5.78 Å². The Labute approximate surface area is 98.3 Å². The second-order valence-electron chi connectivity index (χ2n) is 7.29. The van der Waals surface area contributed by atoms with Crippen LogP contribution in [0.4, 0.5) is 0 Å². The molecule has 0 bridgehead atoms. The van der Waals surface area contributed by atoms with E-state index >= 15 is 0 Å². The maximum absolute atomic E-state index is 11.9. The van der Waals surface area contributed by atoms with E-state index in [9.17, 15) is 4.79 Å². The van der Waals surface area contributed by atoms with Gasteiger partial charge in [0, 0.05) is 5.92 Å². The average Bonchev–Trinajstić information content (AvgIpc) is 2.72. The zero-order valence-electron chi connectivity index (χ0n) is 10.8. The Morgan fingerprint density at radius 1 is 1.19 bits per heavy atom. The fourth-order valence-electron chi connectivity index (χ4n) is 4.18. The highest BCUT2D eigenvalue weighted by Gasteiger charge is 2.60. The van der Waals surface area contributed by atoms with Gasteiger partial charge < -0.3 is 0 Å². The summed E-state index contributed by atoms with van der Waals surface area (Å²) in [5, 5.41) is 0. The van der Waals surface area contributed by atoms with Crippen molar-refractivity contribution in [3.63, 3.8) is 0 Å². The van der Waals surface area contributed by atoms with E-state index in [0.29, 0.717) is 22.5 Å². The van der Waals surface area contributed by atoms with Gasteiger partial charge in [0.1, 0.15) is 0 Å². The van der Waals surface area contributed by atoms with Gasteiger partial charge in [0.2, 0.25) is 0 Å². The summed E-state index contributed by atoms with van der Waals surface area (Å²) in [6.07, 6.45) is 5.87. The Balaban J connectivity index is 2.03. The van der Waals surface area contributed by atoms with Gasteiger partial charge in [-0.25, -0.2) is 0 Å². The minimum Gasteiger partial charge on any atom is -0.295 e. The van der Waals surface area contributed by atoms with Crippen molar-refractivity contribution in [1.82, 2.24) is 0 Å². The lowest BCUT2D eigenvalue weighted by Crippen LogP contribution is -2.22. The first-order chi connectivity index (χ1) is 7.33. The molecule has 0 aromatic heterocycles. The maximum atomic E-state index is 11.9. The van der Waals surface area contributed by atoms with E-state index in [-0.39, 0.29) is 5.92 Å². The van der Waals surface area contributed by atoms with Crippen LogP contribution >= 0.6 is 0 Å². The summed E-state index contributed by atoms with van der Waals surface area (Å²) < 4.78 is 0. The molecule has 4 atom stereocenters. The second-order valence-corrected chi connectivity index (χ2v) is 7.29. The van der Waals surface area contributed by atoms with Crippen LogP contribution in [0, 0.1) is 28.6 Å². The van der Waals surface area contributed by atoms with Gasteiger partial charge in [-0.3, -0.25) is 4.79 Å². The van der Waals surface area contributed by atoms with Crippen molar-refractivity contribution < 1.29 is 4.79 Å². The lowest BCUT2D eigenvalue weighted by molar-refractivity contribution is -0.118. The predicted molar refractivity (Wildman–Crippen MR) is 65.0 cm³/mol. The van der Waals surface area contributed by atoms with Crippen molar-refractivity contribution in [3.05, 3.63) is 11.6 Å². The van der Waals surface area contributed by atoms with Gasteiger partial charge in [-0.05, 0) is 48.0 Å². The fourth-order valence-corrected chi connectivity index (χ4v) is 4.18. The Morgan fingerprint density at radius 2 is 1.88 bits per heavy atom. The molecule has 1 heteroatoms. The van der Waals surface area contributed by atoms with Crippen LogP contribution in [0.3, 0.4) is 0 Å². The van der Waals surface area contributed by atoms with E-state index in [4.69, 9.17) is 0 Å². The smallest absolute Gasteiger partial charge is 0.159 e. The molecule has 0 unspecified atom stereocenters. The van der Waals surface area contributed by atoms with E-state index in [2.05, 4.69) is 27.7 Å². The summed E-state index contributed by atoms with van der Waals surface area (Å²) in [6, 6.07) is 0. The number of carbonyl (C=O) groups is 1. The predicted octanol–water partition coefficient (Wildman–Crippen LogP) is 3.59. The number of hydrogen-bond donors (Lipinski definition) is 0. The van der Waals surface area contributed by atoms with E-state index in [1.807, 2.05) is 6.08 Å². The van der Waals surface area contributed by atoms with Crippen molar-refractivity contribution in [2.45, 2.75) is 47.0 Å². The standard InChI is InChI=1S/C15H22O/c1-9-11-8-14(2,3)6-10-7-15(10,4)12(11)5-13(9)16/h5,9-11H,6-8H2,1-4H3/t9-,10+,11+,15-/m1/s1. The number of ketones is 1. The molecule has 3 rings (SSSR count). The summed E-state index contributed by atoms with van der Waals surface area (Å²) in [5.41, 5.74) is 2.31. The number of carbonyl (C=O) groups excluding carboxylic acids is 1. The van der Waals surface area contributed by atoms with Crippen LogP contribution in [0.5, 0.6) is 0 Å². The third kappa shape index (κ3) is 1.26. The molecule has 0 heterocycles. The molecule has 2 saturated carbocycles. The van der Waals surface area contributed by atoms with Crippen LogP contribution < -0.4 is 0 Å². The molecule has 0 N–H and O–H groups in total. The molecule has 3 aliphatic carbocycles. The Morgan fingerprint density at radius 3 is 2.56 bits per heavy atom. The molecule has 0 radical (unpaired) electrons. The highest BCUT2D eigenvalue weighted by molar-refractivity contribution is 5.96. The molecule has 2 fully saturated rings. The third-order valence-corrected chi connectivity index (χ3v) is 5.39. The molecular formula is C15H22O. The van der Waals surface area contributed by atoms with Gasteiger partial charge in [-0.1, -0.05) is 33.3 Å².